The summed E-state index contributed by atoms with van der Waals surface area (Å²) in [5.74, 6) is -1.87. The maximum Gasteiger partial charge on any atom is 0.287 e. The lowest BCUT2D eigenvalue weighted by Crippen LogP contribution is -2.22. The molecule has 94 valence electrons. The van der Waals surface area contributed by atoms with Gasteiger partial charge in [-0.3, -0.25) is 4.79 Å². The van der Waals surface area contributed by atoms with Gasteiger partial charge in [0.15, 0.2) is 11.0 Å². The second-order valence-corrected chi connectivity index (χ2v) is 3.89. The van der Waals surface area contributed by atoms with Gasteiger partial charge in [-0.25, -0.2) is 8.78 Å². The second-order valence-electron chi connectivity index (χ2n) is 3.52. The summed E-state index contributed by atoms with van der Waals surface area (Å²) < 4.78 is 30.8. The van der Waals surface area contributed by atoms with Crippen molar-refractivity contribution < 1.29 is 18.0 Å². The topological polar surface area (TPSA) is 42.2 Å². The highest BCUT2D eigenvalue weighted by Gasteiger charge is 2.11. The molecule has 1 aromatic carbocycles. The summed E-state index contributed by atoms with van der Waals surface area (Å²) in [5, 5.41) is 2.53. The van der Waals surface area contributed by atoms with Crippen molar-refractivity contribution in [3.8, 4) is 0 Å². The quantitative estimate of drug-likeness (QED) is 0.932. The lowest BCUT2D eigenvalue weighted by Gasteiger charge is -2.04. The van der Waals surface area contributed by atoms with Crippen LogP contribution in [0.5, 0.6) is 0 Å². The maximum atomic E-state index is 13.3. The van der Waals surface area contributed by atoms with E-state index in [0.717, 1.165) is 12.1 Å². The van der Waals surface area contributed by atoms with Gasteiger partial charge >= 0.3 is 0 Å². The van der Waals surface area contributed by atoms with E-state index in [-0.39, 0.29) is 23.1 Å². The zero-order valence-corrected chi connectivity index (χ0v) is 9.80. The predicted octanol–water partition coefficient (Wildman–Crippen LogP) is 3.14. The molecule has 1 N–H and O–H groups in total. The number of benzene rings is 1. The van der Waals surface area contributed by atoms with Crippen LogP contribution in [0.25, 0.3) is 0 Å². The van der Waals surface area contributed by atoms with E-state index in [0.29, 0.717) is 0 Å². The Morgan fingerprint density at radius 1 is 1.28 bits per heavy atom. The molecule has 0 fully saturated rings. The second kappa shape index (κ2) is 5.18. The number of hydrogen-bond acceptors (Lipinski definition) is 2. The molecule has 1 heterocycles. The molecule has 0 radical (unpaired) electrons. The highest BCUT2D eigenvalue weighted by molar-refractivity contribution is 6.29. The van der Waals surface area contributed by atoms with Crippen LogP contribution in [0.2, 0.25) is 5.22 Å². The van der Waals surface area contributed by atoms with Crippen LogP contribution in [0.15, 0.2) is 34.7 Å². The van der Waals surface area contributed by atoms with E-state index < -0.39 is 17.5 Å². The van der Waals surface area contributed by atoms with Crippen molar-refractivity contribution in [3.63, 3.8) is 0 Å². The van der Waals surface area contributed by atoms with Gasteiger partial charge in [0.1, 0.15) is 11.6 Å². The first-order valence-electron chi connectivity index (χ1n) is 5.04. The van der Waals surface area contributed by atoms with Crippen LogP contribution in [0.1, 0.15) is 16.1 Å². The summed E-state index contributed by atoms with van der Waals surface area (Å²) in [7, 11) is 0. The van der Waals surface area contributed by atoms with E-state index in [1.165, 1.54) is 18.2 Å². The van der Waals surface area contributed by atoms with Crippen LogP contribution < -0.4 is 5.32 Å². The molecule has 0 unspecified atom stereocenters. The molecule has 0 atom stereocenters. The molecule has 0 aliphatic heterocycles. The SMILES string of the molecule is O=C(NCc1ccc(F)cc1F)c1ccc(Cl)o1. The Morgan fingerprint density at radius 3 is 2.67 bits per heavy atom. The van der Waals surface area contributed by atoms with E-state index in [9.17, 15) is 13.6 Å². The third-order valence-corrected chi connectivity index (χ3v) is 2.45. The molecule has 0 saturated carbocycles. The largest absolute Gasteiger partial charge is 0.440 e. The minimum absolute atomic E-state index is 0.0301. The molecular formula is C12H8ClF2NO2. The zero-order chi connectivity index (χ0) is 13.1. The van der Waals surface area contributed by atoms with Crippen molar-refractivity contribution in [2.45, 2.75) is 6.54 Å². The van der Waals surface area contributed by atoms with E-state index in [2.05, 4.69) is 5.32 Å². The molecule has 0 aliphatic rings. The van der Waals surface area contributed by atoms with Crippen LogP contribution in [-0.4, -0.2) is 5.91 Å². The molecule has 1 amide bonds. The van der Waals surface area contributed by atoms with Gasteiger partial charge in [-0.15, -0.1) is 0 Å². The minimum atomic E-state index is -0.715. The number of nitrogens with one attached hydrogen (secondary N) is 1. The lowest BCUT2D eigenvalue weighted by atomic mass is 10.2. The van der Waals surface area contributed by atoms with Gasteiger partial charge in [-0.1, -0.05) is 6.07 Å². The third kappa shape index (κ3) is 2.87. The van der Waals surface area contributed by atoms with Crippen molar-refractivity contribution in [2.24, 2.45) is 0 Å². The van der Waals surface area contributed by atoms with Crippen molar-refractivity contribution in [2.75, 3.05) is 0 Å². The van der Waals surface area contributed by atoms with Gasteiger partial charge in [0.05, 0.1) is 0 Å². The molecular weight excluding hydrogens is 264 g/mol. The summed E-state index contributed by atoms with van der Waals surface area (Å²) in [6.45, 7) is -0.0662. The average Bonchev–Trinajstić information content (AvgIpc) is 2.74. The normalized spacial score (nSPS) is 10.4. The van der Waals surface area contributed by atoms with Crippen LogP contribution in [0.4, 0.5) is 8.78 Å². The van der Waals surface area contributed by atoms with Crippen molar-refractivity contribution in [1.29, 1.82) is 0 Å². The first-order valence-corrected chi connectivity index (χ1v) is 5.41. The summed E-state index contributed by atoms with van der Waals surface area (Å²) in [5.41, 5.74) is 0.183. The Labute approximate surface area is 106 Å². The van der Waals surface area contributed by atoms with Crippen molar-refractivity contribution in [3.05, 3.63) is 58.5 Å². The van der Waals surface area contributed by atoms with Crippen LogP contribution >= 0.6 is 11.6 Å². The summed E-state index contributed by atoms with van der Waals surface area (Å²) in [6, 6.07) is 5.97. The number of rotatable bonds is 3. The zero-order valence-electron chi connectivity index (χ0n) is 9.04. The van der Waals surface area contributed by atoms with Gasteiger partial charge in [-0.2, -0.15) is 0 Å². The molecule has 0 aliphatic carbocycles. The molecule has 1 aromatic heterocycles. The van der Waals surface area contributed by atoms with E-state index >= 15 is 0 Å². The van der Waals surface area contributed by atoms with Crippen LogP contribution in [-0.2, 0) is 6.54 Å². The first kappa shape index (κ1) is 12.6. The monoisotopic (exact) mass is 271 g/mol. The van der Waals surface area contributed by atoms with Gasteiger partial charge in [0, 0.05) is 18.2 Å². The summed E-state index contributed by atoms with van der Waals surface area (Å²) in [6.07, 6.45) is 0. The fraction of sp³-hybridized carbons (Fsp3) is 0.0833. The number of halogens is 3. The highest BCUT2D eigenvalue weighted by atomic mass is 35.5. The standard InChI is InChI=1S/C12H8ClF2NO2/c13-11-4-3-10(18-11)12(17)16-6-7-1-2-8(14)5-9(7)15/h1-5H,6H2,(H,16,17). The maximum absolute atomic E-state index is 13.3. The fourth-order valence-electron chi connectivity index (χ4n) is 1.36. The number of carbonyl (C=O) groups is 1. The van der Waals surface area contributed by atoms with Gasteiger partial charge < -0.3 is 9.73 Å². The number of hydrogen-bond donors (Lipinski definition) is 1. The molecule has 3 nitrogen and oxygen atoms in total. The minimum Gasteiger partial charge on any atom is -0.440 e. The van der Waals surface area contributed by atoms with Crippen LogP contribution in [0, 0.1) is 11.6 Å². The van der Waals surface area contributed by atoms with Gasteiger partial charge in [-0.05, 0) is 29.8 Å². The number of amides is 1. The molecule has 2 rings (SSSR count). The van der Waals surface area contributed by atoms with Gasteiger partial charge in [0.25, 0.3) is 5.91 Å². The molecule has 0 spiro atoms. The predicted molar refractivity (Wildman–Crippen MR) is 61.2 cm³/mol. The Balaban J connectivity index is 2.01. The van der Waals surface area contributed by atoms with Gasteiger partial charge in [0.2, 0.25) is 0 Å². The lowest BCUT2D eigenvalue weighted by molar-refractivity contribution is 0.0923. The number of carbonyl (C=O) groups excluding carboxylic acids is 1. The van der Waals surface area contributed by atoms with Crippen molar-refractivity contribution >= 4 is 17.5 Å². The Hall–Kier alpha value is -1.88. The molecule has 6 heteroatoms. The van der Waals surface area contributed by atoms with Crippen molar-refractivity contribution in [1.82, 2.24) is 5.32 Å². The molecule has 2 aromatic rings. The molecule has 0 saturated heterocycles. The Bertz CT molecular complexity index is 583. The summed E-state index contributed by atoms with van der Waals surface area (Å²) in [4.78, 5) is 11.5. The van der Waals surface area contributed by atoms with Crippen LogP contribution in [0.3, 0.4) is 0 Å². The molecule has 18 heavy (non-hydrogen) atoms. The third-order valence-electron chi connectivity index (χ3n) is 2.25. The number of furan rings is 1. The first-order chi connectivity index (χ1) is 8.56. The average molecular weight is 272 g/mol. The smallest absolute Gasteiger partial charge is 0.287 e. The Morgan fingerprint density at radius 2 is 2.06 bits per heavy atom. The summed E-state index contributed by atoms with van der Waals surface area (Å²) >= 11 is 5.52. The van der Waals surface area contributed by atoms with E-state index in [1.54, 1.807) is 0 Å². The fourth-order valence-corrected chi connectivity index (χ4v) is 1.51. The molecule has 0 bridgehead atoms. The Kier molecular flexibility index (Phi) is 3.62. The van der Waals surface area contributed by atoms with E-state index in [4.69, 9.17) is 16.0 Å². The highest BCUT2D eigenvalue weighted by Crippen LogP contribution is 2.13. The van der Waals surface area contributed by atoms with E-state index in [1.807, 2.05) is 0 Å².